The van der Waals surface area contributed by atoms with E-state index in [4.69, 9.17) is 0 Å². The van der Waals surface area contributed by atoms with Crippen LogP contribution in [0.15, 0.2) is 23.1 Å². The highest BCUT2D eigenvalue weighted by Gasteiger charge is 2.27. The molecule has 1 amide bonds. The van der Waals surface area contributed by atoms with Crippen LogP contribution in [0.3, 0.4) is 0 Å². The van der Waals surface area contributed by atoms with Crippen LogP contribution in [-0.4, -0.2) is 74.9 Å². The molecule has 7 nitrogen and oxygen atoms in total. The molecule has 9 heteroatoms. The maximum absolute atomic E-state index is 12.9. The van der Waals surface area contributed by atoms with E-state index >= 15 is 0 Å². The van der Waals surface area contributed by atoms with Gasteiger partial charge in [-0.05, 0) is 44.5 Å². The number of likely N-dealkylation sites (N-methyl/N-ethyl adjacent to an activating group) is 1. The zero-order valence-electron chi connectivity index (χ0n) is 16.0. The second-order valence-corrected chi connectivity index (χ2v) is 9.11. The minimum absolute atomic E-state index is 0. The number of amides is 1. The summed E-state index contributed by atoms with van der Waals surface area (Å²) in [4.78, 5) is 15.1. The lowest BCUT2D eigenvalue weighted by atomic mass is 10.1. The second-order valence-electron chi connectivity index (χ2n) is 7.17. The zero-order chi connectivity index (χ0) is 18.7. The highest BCUT2D eigenvalue weighted by atomic mass is 35.5. The maximum atomic E-state index is 12.9. The number of benzene rings is 1. The van der Waals surface area contributed by atoms with Gasteiger partial charge >= 0.3 is 0 Å². The Kier molecular flexibility index (Phi) is 7.64. The number of aryl methyl sites for hydroxylation is 1. The molecule has 0 aromatic heterocycles. The van der Waals surface area contributed by atoms with E-state index in [2.05, 4.69) is 17.4 Å². The number of carbonyl (C=O) groups is 1. The van der Waals surface area contributed by atoms with Crippen molar-refractivity contribution in [3.63, 3.8) is 0 Å². The van der Waals surface area contributed by atoms with Gasteiger partial charge in [0.1, 0.15) is 0 Å². The van der Waals surface area contributed by atoms with Crippen molar-refractivity contribution in [2.24, 2.45) is 0 Å². The Morgan fingerprint density at radius 2 is 1.63 bits per heavy atom. The van der Waals surface area contributed by atoms with E-state index in [1.54, 1.807) is 12.1 Å². The molecular weight excluding hydrogens is 388 g/mol. The van der Waals surface area contributed by atoms with Crippen LogP contribution < -0.4 is 5.43 Å². The average molecular weight is 417 g/mol. The monoisotopic (exact) mass is 416 g/mol. The molecule has 1 aromatic carbocycles. The van der Waals surface area contributed by atoms with E-state index in [0.717, 1.165) is 51.0 Å². The SMILES string of the molecule is Cc1ccc(S(=O)(=O)N2CCCCC2)cc1C(=O)NN1CCN(C)CC1.Cl. The summed E-state index contributed by atoms with van der Waals surface area (Å²) < 4.78 is 27.3. The molecule has 0 bridgehead atoms. The predicted octanol–water partition coefficient (Wildman–Crippen LogP) is 1.48. The van der Waals surface area contributed by atoms with Crippen LogP contribution in [-0.2, 0) is 10.0 Å². The van der Waals surface area contributed by atoms with Gasteiger partial charge in [0.2, 0.25) is 10.0 Å². The van der Waals surface area contributed by atoms with E-state index in [1.165, 1.54) is 10.4 Å². The van der Waals surface area contributed by atoms with Crippen molar-refractivity contribution in [1.29, 1.82) is 0 Å². The summed E-state index contributed by atoms with van der Waals surface area (Å²) in [5.74, 6) is -0.247. The number of halogens is 1. The number of nitrogens with zero attached hydrogens (tertiary/aromatic N) is 3. The van der Waals surface area contributed by atoms with Crippen LogP contribution in [0.1, 0.15) is 35.2 Å². The van der Waals surface area contributed by atoms with Crippen molar-refractivity contribution in [1.82, 2.24) is 19.6 Å². The summed E-state index contributed by atoms with van der Waals surface area (Å²) in [6, 6.07) is 4.84. The lowest BCUT2D eigenvalue weighted by Crippen LogP contribution is -2.52. The Balaban J connectivity index is 0.00000261. The van der Waals surface area contributed by atoms with E-state index in [0.29, 0.717) is 18.7 Å². The molecule has 0 aliphatic carbocycles. The molecule has 0 spiro atoms. The minimum Gasteiger partial charge on any atom is -0.304 e. The topological polar surface area (TPSA) is 73.0 Å². The summed E-state index contributed by atoms with van der Waals surface area (Å²) in [6.07, 6.45) is 2.85. The summed E-state index contributed by atoms with van der Waals surface area (Å²) in [6.45, 7) is 6.24. The lowest BCUT2D eigenvalue weighted by Gasteiger charge is -2.32. The Morgan fingerprint density at radius 3 is 2.26 bits per heavy atom. The molecule has 2 aliphatic rings. The number of nitrogens with one attached hydrogen (secondary N) is 1. The fraction of sp³-hybridized carbons (Fsp3) is 0.611. The third-order valence-electron chi connectivity index (χ3n) is 5.17. The van der Waals surface area contributed by atoms with Gasteiger partial charge in [0.25, 0.3) is 5.91 Å². The molecule has 27 heavy (non-hydrogen) atoms. The van der Waals surface area contributed by atoms with Crippen LogP contribution in [0.25, 0.3) is 0 Å². The molecule has 1 aromatic rings. The lowest BCUT2D eigenvalue weighted by molar-refractivity contribution is 0.0661. The molecule has 0 atom stereocenters. The first-order valence-electron chi connectivity index (χ1n) is 9.23. The van der Waals surface area contributed by atoms with Crippen LogP contribution in [0.2, 0.25) is 0 Å². The van der Waals surface area contributed by atoms with E-state index in [9.17, 15) is 13.2 Å². The summed E-state index contributed by atoms with van der Waals surface area (Å²) >= 11 is 0. The number of piperidine rings is 1. The molecule has 1 N–H and O–H groups in total. The van der Waals surface area contributed by atoms with Crippen molar-refractivity contribution in [3.8, 4) is 0 Å². The number of hydrazine groups is 1. The first kappa shape index (κ1) is 22.1. The largest absolute Gasteiger partial charge is 0.304 e. The average Bonchev–Trinajstić information content (AvgIpc) is 2.64. The molecule has 2 fully saturated rings. The molecule has 2 aliphatic heterocycles. The van der Waals surface area contributed by atoms with Gasteiger partial charge in [-0.15, -0.1) is 12.4 Å². The van der Waals surface area contributed by atoms with Gasteiger partial charge in [0.05, 0.1) is 4.90 Å². The normalized spacial score (nSPS) is 20.1. The molecule has 0 radical (unpaired) electrons. The number of hydrogen-bond acceptors (Lipinski definition) is 5. The molecule has 0 unspecified atom stereocenters. The third kappa shape index (κ3) is 5.20. The first-order chi connectivity index (χ1) is 12.4. The third-order valence-corrected chi connectivity index (χ3v) is 7.06. The zero-order valence-corrected chi connectivity index (χ0v) is 17.6. The molecule has 0 saturated carbocycles. The van der Waals surface area contributed by atoms with Crippen molar-refractivity contribution in [3.05, 3.63) is 29.3 Å². The van der Waals surface area contributed by atoms with Gasteiger partial charge < -0.3 is 4.90 Å². The van der Waals surface area contributed by atoms with Crippen molar-refractivity contribution >= 4 is 28.3 Å². The number of carbonyl (C=O) groups excluding carboxylic acids is 1. The summed E-state index contributed by atoms with van der Waals surface area (Å²) in [5.41, 5.74) is 4.11. The molecule has 152 valence electrons. The molecule has 3 rings (SSSR count). The Hall–Kier alpha value is -1.19. The van der Waals surface area contributed by atoms with E-state index in [1.807, 2.05) is 11.9 Å². The molecule has 2 saturated heterocycles. The highest BCUT2D eigenvalue weighted by Crippen LogP contribution is 2.23. The van der Waals surface area contributed by atoms with Gasteiger partial charge in [0.15, 0.2) is 0 Å². The number of rotatable bonds is 4. The van der Waals surface area contributed by atoms with E-state index < -0.39 is 10.0 Å². The summed E-state index contributed by atoms with van der Waals surface area (Å²) in [7, 11) is -1.49. The van der Waals surface area contributed by atoms with Crippen LogP contribution in [0.4, 0.5) is 0 Å². The van der Waals surface area contributed by atoms with Crippen molar-refractivity contribution in [2.45, 2.75) is 31.1 Å². The van der Waals surface area contributed by atoms with Gasteiger partial charge in [0, 0.05) is 44.8 Å². The molecular formula is C18H29ClN4O3S. The standard InChI is InChI=1S/C18H28N4O3S.ClH/c1-15-6-7-16(26(24,25)22-8-4-3-5-9-22)14-17(15)18(23)19-21-12-10-20(2)11-13-21;/h6-7,14H,3-5,8-13H2,1-2H3,(H,19,23);1H. The van der Waals surface area contributed by atoms with Crippen molar-refractivity contribution < 1.29 is 13.2 Å². The quantitative estimate of drug-likeness (QED) is 0.804. The minimum atomic E-state index is -3.54. The van der Waals surface area contributed by atoms with Gasteiger partial charge in [-0.3, -0.25) is 10.2 Å². The fourth-order valence-electron chi connectivity index (χ4n) is 3.38. The Bertz CT molecular complexity index is 758. The second kappa shape index (κ2) is 9.34. The van der Waals surface area contributed by atoms with Gasteiger partial charge in [-0.1, -0.05) is 12.5 Å². The number of sulfonamides is 1. The van der Waals surface area contributed by atoms with Crippen molar-refractivity contribution in [2.75, 3.05) is 46.3 Å². The number of hydrogen-bond donors (Lipinski definition) is 1. The predicted molar refractivity (Wildman–Crippen MR) is 108 cm³/mol. The van der Waals surface area contributed by atoms with Crippen LogP contribution in [0.5, 0.6) is 0 Å². The van der Waals surface area contributed by atoms with E-state index in [-0.39, 0.29) is 23.2 Å². The highest BCUT2D eigenvalue weighted by molar-refractivity contribution is 7.89. The van der Waals surface area contributed by atoms with Crippen LogP contribution >= 0.6 is 12.4 Å². The maximum Gasteiger partial charge on any atom is 0.265 e. The smallest absolute Gasteiger partial charge is 0.265 e. The Morgan fingerprint density at radius 1 is 1.00 bits per heavy atom. The fourth-order valence-corrected chi connectivity index (χ4v) is 4.93. The Labute approximate surface area is 168 Å². The molecule has 2 heterocycles. The first-order valence-corrected chi connectivity index (χ1v) is 10.7. The van der Waals surface area contributed by atoms with Gasteiger partial charge in [-0.2, -0.15) is 4.31 Å². The van der Waals surface area contributed by atoms with Crippen LogP contribution in [0, 0.1) is 6.92 Å². The number of piperazine rings is 1. The van der Waals surface area contributed by atoms with Gasteiger partial charge in [-0.25, -0.2) is 13.4 Å². The summed E-state index contributed by atoms with van der Waals surface area (Å²) in [5, 5.41) is 1.90.